The highest BCUT2D eigenvalue weighted by Gasteiger charge is 2.20. The maximum atomic E-state index is 10.6. The summed E-state index contributed by atoms with van der Waals surface area (Å²) in [5.74, 6) is -0.270. The molecule has 0 saturated heterocycles. The lowest BCUT2D eigenvalue weighted by atomic mass is 10.0. The van der Waals surface area contributed by atoms with Gasteiger partial charge >= 0.3 is 0 Å². The molecule has 6 heteroatoms. The maximum absolute atomic E-state index is 10.6. The molecule has 0 aromatic carbocycles. The molecule has 0 fully saturated rings. The summed E-state index contributed by atoms with van der Waals surface area (Å²) < 4.78 is 4.84. The van der Waals surface area contributed by atoms with E-state index in [4.69, 9.17) is 10.5 Å². The van der Waals surface area contributed by atoms with E-state index in [9.17, 15) is 15.0 Å². The summed E-state index contributed by atoms with van der Waals surface area (Å²) >= 11 is 0. The summed E-state index contributed by atoms with van der Waals surface area (Å²) in [5, 5.41) is 19.1. The fourth-order valence-electron chi connectivity index (χ4n) is 1.23. The zero-order chi connectivity index (χ0) is 12.1. The molecule has 0 aliphatic heterocycles. The first-order valence-electron chi connectivity index (χ1n) is 4.69. The SMILES string of the molecule is COc1ccc(C(O)C(O)CC(N)=O)cn1. The molecule has 16 heavy (non-hydrogen) atoms. The van der Waals surface area contributed by atoms with Crippen LogP contribution < -0.4 is 10.5 Å². The Kier molecular flexibility index (Phi) is 4.21. The van der Waals surface area contributed by atoms with Crippen LogP contribution in [0.2, 0.25) is 0 Å². The first kappa shape index (κ1) is 12.4. The van der Waals surface area contributed by atoms with E-state index in [0.29, 0.717) is 11.4 Å². The number of hydrogen-bond acceptors (Lipinski definition) is 5. The van der Waals surface area contributed by atoms with Crippen LogP contribution >= 0.6 is 0 Å². The van der Waals surface area contributed by atoms with Gasteiger partial charge in [-0.15, -0.1) is 0 Å². The minimum Gasteiger partial charge on any atom is -0.481 e. The van der Waals surface area contributed by atoms with E-state index >= 15 is 0 Å². The zero-order valence-corrected chi connectivity index (χ0v) is 8.83. The van der Waals surface area contributed by atoms with Gasteiger partial charge in [0.15, 0.2) is 0 Å². The smallest absolute Gasteiger partial charge is 0.220 e. The lowest BCUT2D eigenvalue weighted by molar-refractivity contribution is -0.121. The minimum atomic E-state index is -1.23. The number of primary amides is 1. The predicted octanol–water partition coefficient (Wildman–Crippen LogP) is -0.640. The van der Waals surface area contributed by atoms with Crippen LogP contribution in [0.25, 0.3) is 0 Å². The topological polar surface area (TPSA) is 106 Å². The number of carbonyl (C=O) groups is 1. The maximum Gasteiger partial charge on any atom is 0.220 e. The Morgan fingerprint density at radius 3 is 2.69 bits per heavy atom. The van der Waals surface area contributed by atoms with Crippen molar-refractivity contribution in [1.82, 2.24) is 4.98 Å². The van der Waals surface area contributed by atoms with Crippen LogP contribution in [0.5, 0.6) is 5.88 Å². The molecular weight excluding hydrogens is 212 g/mol. The van der Waals surface area contributed by atoms with Gasteiger partial charge in [0.2, 0.25) is 11.8 Å². The molecule has 2 atom stereocenters. The summed E-state index contributed by atoms with van der Waals surface area (Å²) in [6, 6.07) is 3.11. The van der Waals surface area contributed by atoms with Gasteiger partial charge in [0, 0.05) is 17.8 Å². The Labute approximate surface area is 92.7 Å². The van der Waals surface area contributed by atoms with Gasteiger partial charge in [-0.3, -0.25) is 4.79 Å². The number of pyridine rings is 1. The molecule has 1 amide bonds. The fourth-order valence-corrected chi connectivity index (χ4v) is 1.23. The van der Waals surface area contributed by atoms with E-state index in [1.165, 1.54) is 13.3 Å². The van der Waals surface area contributed by atoms with Crippen molar-refractivity contribution in [3.8, 4) is 5.88 Å². The van der Waals surface area contributed by atoms with Gasteiger partial charge in [-0.05, 0) is 6.07 Å². The summed E-state index contributed by atoms with van der Waals surface area (Å²) in [5.41, 5.74) is 5.31. The predicted molar refractivity (Wildman–Crippen MR) is 55.6 cm³/mol. The summed E-state index contributed by atoms with van der Waals surface area (Å²) in [6.45, 7) is 0. The monoisotopic (exact) mass is 226 g/mol. The van der Waals surface area contributed by atoms with Gasteiger partial charge in [-0.25, -0.2) is 4.98 Å². The van der Waals surface area contributed by atoms with Crippen LogP contribution in [0, 0.1) is 0 Å². The van der Waals surface area contributed by atoms with Crippen molar-refractivity contribution in [2.24, 2.45) is 5.73 Å². The van der Waals surface area contributed by atoms with Crippen molar-refractivity contribution in [3.63, 3.8) is 0 Å². The second kappa shape index (κ2) is 5.43. The van der Waals surface area contributed by atoms with E-state index in [1.807, 2.05) is 0 Å². The molecule has 2 unspecified atom stereocenters. The molecule has 0 aliphatic carbocycles. The molecule has 1 aromatic heterocycles. The number of ether oxygens (including phenoxy) is 1. The van der Waals surface area contributed by atoms with E-state index in [1.54, 1.807) is 12.1 Å². The summed E-state index contributed by atoms with van der Waals surface area (Å²) in [6.07, 6.45) is -1.35. The number of aliphatic hydroxyl groups is 2. The van der Waals surface area contributed by atoms with Crippen molar-refractivity contribution >= 4 is 5.91 Å². The average molecular weight is 226 g/mol. The number of carbonyl (C=O) groups excluding carboxylic acids is 1. The van der Waals surface area contributed by atoms with Gasteiger partial charge < -0.3 is 20.7 Å². The molecule has 1 rings (SSSR count). The van der Waals surface area contributed by atoms with E-state index in [2.05, 4.69) is 4.98 Å². The second-order valence-electron chi connectivity index (χ2n) is 3.32. The average Bonchev–Trinajstić information content (AvgIpc) is 2.27. The third-order valence-electron chi connectivity index (χ3n) is 2.08. The number of nitrogens with zero attached hydrogens (tertiary/aromatic N) is 1. The highest BCUT2D eigenvalue weighted by atomic mass is 16.5. The van der Waals surface area contributed by atoms with Crippen LogP contribution in [0.4, 0.5) is 0 Å². The van der Waals surface area contributed by atoms with E-state index < -0.39 is 18.1 Å². The van der Waals surface area contributed by atoms with Crippen LogP contribution in [0.1, 0.15) is 18.1 Å². The third-order valence-corrected chi connectivity index (χ3v) is 2.08. The molecule has 1 aromatic rings. The number of amides is 1. The fraction of sp³-hybridized carbons (Fsp3) is 0.400. The Morgan fingerprint density at radius 2 is 2.25 bits per heavy atom. The quantitative estimate of drug-likeness (QED) is 0.619. The number of aliphatic hydroxyl groups excluding tert-OH is 2. The molecular formula is C10H14N2O4. The van der Waals surface area contributed by atoms with Crippen LogP contribution in [-0.2, 0) is 4.79 Å². The molecule has 0 saturated carbocycles. The van der Waals surface area contributed by atoms with Gasteiger partial charge in [-0.2, -0.15) is 0 Å². The molecule has 1 heterocycles. The first-order chi connectivity index (χ1) is 7.54. The van der Waals surface area contributed by atoms with Crippen LogP contribution in [-0.4, -0.2) is 34.3 Å². The second-order valence-corrected chi connectivity index (χ2v) is 3.32. The summed E-state index contributed by atoms with van der Waals surface area (Å²) in [7, 11) is 1.47. The molecule has 0 aliphatic rings. The van der Waals surface area contributed by atoms with E-state index in [-0.39, 0.29) is 6.42 Å². The first-order valence-corrected chi connectivity index (χ1v) is 4.69. The molecule has 0 radical (unpaired) electrons. The standard InChI is InChI=1S/C10H14N2O4/c1-16-9-3-2-6(5-12-9)10(15)7(13)4-8(11)14/h2-3,5,7,10,13,15H,4H2,1H3,(H2,11,14). The van der Waals surface area contributed by atoms with Gasteiger partial charge in [0.1, 0.15) is 6.10 Å². The van der Waals surface area contributed by atoms with Crippen LogP contribution in [0.15, 0.2) is 18.3 Å². The molecule has 0 spiro atoms. The Morgan fingerprint density at radius 1 is 1.56 bits per heavy atom. The van der Waals surface area contributed by atoms with Crippen molar-refractivity contribution in [2.75, 3.05) is 7.11 Å². The minimum absolute atomic E-state index is 0.298. The Bertz CT molecular complexity index is 352. The Hall–Kier alpha value is -1.66. The van der Waals surface area contributed by atoms with Crippen LogP contribution in [0.3, 0.4) is 0 Å². The molecule has 6 nitrogen and oxygen atoms in total. The largest absolute Gasteiger partial charge is 0.481 e. The number of rotatable bonds is 5. The Balaban J connectivity index is 2.71. The number of aromatic nitrogens is 1. The lowest BCUT2D eigenvalue weighted by Gasteiger charge is -2.16. The highest BCUT2D eigenvalue weighted by Crippen LogP contribution is 2.19. The number of hydrogen-bond donors (Lipinski definition) is 3. The van der Waals surface area contributed by atoms with Crippen molar-refractivity contribution in [1.29, 1.82) is 0 Å². The van der Waals surface area contributed by atoms with Gasteiger partial charge in [0.05, 0.1) is 19.6 Å². The summed E-state index contributed by atoms with van der Waals surface area (Å²) in [4.78, 5) is 14.4. The van der Waals surface area contributed by atoms with Crippen molar-refractivity contribution in [3.05, 3.63) is 23.9 Å². The van der Waals surface area contributed by atoms with Gasteiger partial charge in [-0.1, -0.05) is 0 Å². The third kappa shape index (κ3) is 3.18. The van der Waals surface area contributed by atoms with Crippen molar-refractivity contribution < 1.29 is 19.7 Å². The normalized spacial score (nSPS) is 14.2. The highest BCUT2D eigenvalue weighted by molar-refractivity contribution is 5.74. The number of methoxy groups -OCH3 is 1. The molecule has 4 N–H and O–H groups in total. The molecule has 0 bridgehead atoms. The lowest BCUT2D eigenvalue weighted by Crippen LogP contribution is -2.25. The van der Waals surface area contributed by atoms with E-state index in [0.717, 1.165) is 0 Å². The van der Waals surface area contributed by atoms with Crippen molar-refractivity contribution in [2.45, 2.75) is 18.6 Å². The molecule has 88 valence electrons. The zero-order valence-electron chi connectivity index (χ0n) is 8.83. The van der Waals surface area contributed by atoms with Gasteiger partial charge in [0.25, 0.3) is 0 Å². The number of nitrogens with two attached hydrogens (primary N) is 1.